The van der Waals surface area contributed by atoms with Gasteiger partial charge in [0.2, 0.25) is 0 Å². The third kappa shape index (κ3) is 1.49. The highest BCUT2D eigenvalue weighted by atomic mass is 127. The SMILES string of the molecule is CC(C)([C@@H]1CO1)n1cc(I)c2ccccc21. The van der Waals surface area contributed by atoms with Gasteiger partial charge in [-0.1, -0.05) is 18.2 Å². The Hall–Kier alpha value is -0.550. The van der Waals surface area contributed by atoms with E-state index in [2.05, 4.69) is 71.5 Å². The molecule has 0 amide bonds. The van der Waals surface area contributed by atoms with E-state index in [9.17, 15) is 0 Å². The van der Waals surface area contributed by atoms with Crippen LogP contribution in [0.2, 0.25) is 0 Å². The zero-order valence-electron chi connectivity index (χ0n) is 9.40. The number of fused-ring (bicyclic) bond motifs is 1. The number of halogens is 1. The lowest BCUT2D eigenvalue weighted by Crippen LogP contribution is -2.31. The molecule has 2 nitrogen and oxygen atoms in total. The van der Waals surface area contributed by atoms with Crippen LogP contribution in [-0.2, 0) is 10.3 Å². The van der Waals surface area contributed by atoms with Gasteiger partial charge < -0.3 is 9.30 Å². The van der Waals surface area contributed by atoms with Gasteiger partial charge >= 0.3 is 0 Å². The van der Waals surface area contributed by atoms with Crippen molar-refractivity contribution < 1.29 is 4.74 Å². The second-order valence-electron chi connectivity index (χ2n) is 4.84. The van der Waals surface area contributed by atoms with E-state index in [1.54, 1.807) is 0 Å². The zero-order chi connectivity index (χ0) is 11.3. The van der Waals surface area contributed by atoms with Crippen molar-refractivity contribution in [3.05, 3.63) is 34.0 Å². The molecule has 2 aromatic rings. The second-order valence-corrected chi connectivity index (χ2v) is 6.00. The molecule has 3 heteroatoms. The number of rotatable bonds is 2. The van der Waals surface area contributed by atoms with Crippen LogP contribution in [0.3, 0.4) is 0 Å². The Labute approximate surface area is 109 Å². The monoisotopic (exact) mass is 327 g/mol. The van der Waals surface area contributed by atoms with Gasteiger partial charge in [0.1, 0.15) is 6.10 Å². The number of hydrogen-bond donors (Lipinski definition) is 0. The molecule has 0 bridgehead atoms. The highest BCUT2D eigenvalue weighted by molar-refractivity contribution is 14.1. The van der Waals surface area contributed by atoms with Crippen molar-refractivity contribution >= 4 is 33.5 Å². The summed E-state index contributed by atoms with van der Waals surface area (Å²) in [5.41, 5.74) is 1.34. The molecule has 0 aliphatic carbocycles. The molecule has 1 fully saturated rings. The van der Waals surface area contributed by atoms with E-state index in [-0.39, 0.29) is 5.54 Å². The number of benzene rings is 1. The molecule has 0 saturated carbocycles. The van der Waals surface area contributed by atoms with E-state index in [1.807, 2.05) is 0 Å². The lowest BCUT2D eigenvalue weighted by atomic mass is 10.0. The number of aromatic nitrogens is 1. The summed E-state index contributed by atoms with van der Waals surface area (Å²) in [6.45, 7) is 5.37. The van der Waals surface area contributed by atoms with Crippen molar-refractivity contribution in [1.29, 1.82) is 0 Å². The van der Waals surface area contributed by atoms with Gasteiger partial charge in [-0.15, -0.1) is 0 Å². The third-order valence-corrected chi connectivity index (χ3v) is 4.27. The van der Waals surface area contributed by atoms with E-state index >= 15 is 0 Å². The Morgan fingerprint density at radius 2 is 2.06 bits per heavy atom. The summed E-state index contributed by atoms with van der Waals surface area (Å²) in [5.74, 6) is 0. The van der Waals surface area contributed by atoms with E-state index in [1.165, 1.54) is 14.5 Å². The van der Waals surface area contributed by atoms with Gasteiger partial charge in [0.05, 0.1) is 12.1 Å². The molecule has 0 unspecified atom stereocenters. The van der Waals surface area contributed by atoms with Crippen LogP contribution in [0.5, 0.6) is 0 Å². The maximum absolute atomic E-state index is 5.46. The quantitative estimate of drug-likeness (QED) is 0.611. The van der Waals surface area contributed by atoms with Crippen LogP contribution in [0.4, 0.5) is 0 Å². The highest BCUT2D eigenvalue weighted by Crippen LogP contribution is 2.35. The topological polar surface area (TPSA) is 17.5 Å². The summed E-state index contributed by atoms with van der Waals surface area (Å²) >= 11 is 2.40. The van der Waals surface area contributed by atoms with Crippen molar-refractivity contribution in [2.24, 2.45) is 0 Å². The van der Waals surface area contributed by atoms with Crippen molar-refractivity contribution in [3.63, 3.8) is 0 Å². The maximum atomic E-state index is 5.46. The van der Waals surface area contributed by atoms with Gasteiger partial charge in [-0.2, -0.15) is 0 Å². The number of hydrogen-bond acceptors (Lipinski definition) is 1. The van der Waals surface area contributed by atoms with Crippen LogP contribution in [0, 0.1) is 3.57 Å². The minimum Gasteiger partial charge on any atom is -0.371 e. The number of ether oxygens (including phenoxy) is 1. The van der Waals surface area contributed by atoms with Crippen molar-refractivity contribution in [2.45, 2.75) is 25.5 Å². The molecule has 0 radical (unpaired) electrons. The molecule has 1 aliphatic rings. The molecule has 3 rings (SSSR count). The first-order valence-corrected chi connectivity index (χ1v) is 6.56. The van der Waals surface area contributed by atoms with Gasteiger partial charge in [0.15, 0.2) is 0 Å². The minimum atomic E-state index is 0.0447. The van der Waals surface area contributed by atoms with Crippen LogP contribution in [0.25, 0.3) is 10.9 Å². The molecule has 16 heavy (non-hydrogen) atoms. The van der Waals surface area contributed by atoms with E-state index in [4.69, 9.17) is 4.74 Å². The van der Waals surface area contributed by atoms with Crippen molar-refractivity contribution in [2.75, 3.05) is 6.61 Å². The summed E-state index contributed by atoms with van der Waals surface area (Å²) in [5, 5.41) is 1.33. The highest BCUT2D eigenvalue weighted by Gasteiger charge is 2.41. The molecular formula is C13H14INO. The van der Waals surface area contributed by atoms with E-state index in [0.29, 0.717) is 6.10 Å². The minimum absolute atomic E-state index is 0.0447. The predicted molar refractivity (Wildman–Crippen MR) is 73.7 cm³/mol. The average molecular weight is 327 g/mol. The van der Waals surface area contributed by atoms with Gasteiger partial charge in [-0.05, 0) is 42.5 Å². The van der Waals surface area contributed by atoms with Crippen LogP contribution in [-0.4, -0.2) is 17.3 Å². The first kappa shape index (κ1) is 10.6. The molecular weight excluding hydrogens is 313 g/mol. The largest absolute Gasteiger partial charge is 0.371 e. The summed E-state index contributed by atoms with van der Waals surface area (Å²) in [7, 11) is 0. The Bertz CT molecular complexity index is 540. The lowest BCUT2D eigenvalue weighted by Gasteiger charge is -2.26. The van der Waals surface area contributed by atoms with Crippen molar-refractivity contribution in [1.82, 2.24) is 4.57 Å². The fourth-order valence-electron chi connectivity index (χ4n) is 2.23. The van der Waals surface area contributed by atoms with Gasteiger partial charge in [-0.3, -0.25) is 0 Å². The molecule has 1 saturated heterocycles. The van der Waals surface area contributed by atoms with Crippen molar-refractivity contribution in [3.8, 4) is 0 Å². The Kier molecular flexibility index (Phi) is 2.30. The van der Waals surface area contributed by atoms with Crippen LogP contribution < -0.4 is 0 Å². The summed E-state index contributed by atoms with van der Waals surface area (Å²) in [6, 6.07) is 8.55. The molecule has 1 aliphatic heterocycles. The zero-order valence-corrected chi connectivity index (χ0v) is 11.6. The number of epoxide rings is 1. The number of nitrogens with zero attached hydrogens (tertiary/aromatic N) is 1. The van der Waals surface area contributed by atoms with E-state index < -0.39 is 0 Å². The second kappa shape index (κ2) is 3.47. The van der Waals surface area contributed by atoms with Gasteiger partial charge in [0, 0.05) is 20.7 Å². The standard InChI is InChI=1S/C13H14INO/c1-13(2,12-8-16-12)15-7-10(14)9-5-3-4-6-11(9)15/h3-7,12H,8H2,1-2H3/t12-/m0/s1. The fourth-order valence-corrected chi connectivity index (χ4v) is 2.96. The van der Waals surface area contributed by atoms with Crippen LogP contribution in [0.1, 0.15) is 13.8 Å². The predicted octanol–water partition coefficient (Wildman–Crippen LogP) is 3.38. The lowest BCUT2D eigenvalue weighted by molar-refractivity contribution is 0.249. The summed E-state index contributed by atoms with van der Waals surface area (Å²) in [4.78, 5) is 0. The smallest absolute Gasteiger partial charge is 0.104 e. The Morgan fingerprint density at radius 3 is 2.75 bits per heavy atom. The van der Waals surface area contributed by atoms with Gasteiger partial charge in [0.25, 0.3) is 0 Å². The average Bonchev–Trinajstić information content (AvgIpc) is 3.06. The maximum Gasteiger partial charge on any atom is 0.104 e. The van der Waals surface area contributed by atoms with Gasteiger partial charge in [-0.25, -0.2) is 0 Å². The molecule has 1 atom stereocenters. The summed E-state index contributed by atoms with van der Waals surface area (Å²) < 4.78 is 9.12. The number of para-hydroxylation sites is 1. The Morgan fingerprint density at radius 1 is 1.38 bits per heavy atom. The van der Waals surface area contributed by atoms with Crippen LogP contribution in [0.15, 0.2) is 30.5 Å². The molecule has 1 aromatic carbocycles. The molecule has 84 valence electrons. The third-order valence-electron chi connectivity index (χ3n) is 3.41. The normalized spacial score (nSPS) is 20.3. The van der Waals surface area contributed by atoms with Crippen LogP contribution >= 0.6 is 22.6 Å². The molecule has 0 N–H and O–H groups in total. The molecule has 1 aromatic heterocycles. The molecule has 2 heterocycles. The Balaban J connectivity index is 2.23. The first-order chi connectivity index (χ1) is 7.60. The summed E-state index contributed by atoms with van der Waals surface area (Å²) in [6.07, 6.45) is 2.59. The molecule has 0 spiro atoms. The fraction of sp³-hybridized carbons (Fsp3) is 0.385. The van der Waals surface area contributed by atoms with E-state index in [0.717, 1.165) is 6.61 Å². The first-order valence-electron chi connectivity index (χ1n) is 5.48.